The number of aromatic amines is 1. The Balaban J connectivity index is 1.53. The highest BCUT2D eigenvalue weighted by molar-refractivity contribution is 6.00. The lowest BCUT2D eigenvalue weighted by molar-refractivity contribution is -0.116. The molecule has 8 nitrogen and oxygen atoms in total. The molecule has 0 radical (unpaired) electrons. The van der Waals surface area contributed by atoms with E-state index in [1.165, 1.54) is 0 Å². The molecule has 8 heteroatoms. The third-order valence-electron chi connectivity index (χ3n) is 4.63. The second-order valence-electron chi connectivity index (χ2n) is 7.22. The van der Waals surface area contributed by atoms with E-state index in [-0.39, 0.29) is 5.91 Å². The van der Waals surface area contributed by atoms with Crippen LogP contribution >= 0.6 is 0 Å². The Morgan fingerprint density at radius 1 is 1.17 bits per heavy atom. The van der Waals surface area contributed by atoms with E-state index in [0.717, 1.165) is 27.7 Å². The van der Waals surface area contributed by atoms with Crippen LogP contribution in [-0.2, 0) is 11.3 Å². The van der Waals surface area contributed by atoms with Crippen molar-refractivity contribution < 1.29 is 4.79 Å². The average molecular weight is 389 g/mol. The van der Waals surface area contributed by atoms with Gasteiger partial charge in [-0.05, 0) is 31.8 Å². The van der Waals surface area contributed by atoms with Crippen molar-refractivity contribution >= 4 is 22.6 Å². The first-order chi connectivity index (χ1) is 14.1. The van der Waals surface area contributed by atoms with Crippen LogP contribution in [0.3, 0.4) is 0 Å². The molecule has 0 atom stereocenters. The summed E-state index contributed by atoms with van der Waals surface area (Å²) in [6.45, 7) is 1.35. The Labute approximate surface area is 168 Å². The summed E-state index contributed by atoms with van der Waals surface area (Å²) in [4.78, 5) is 14.1. The standard InChI is InChI=1S/C21H23N7O/c1-27(2)11-10-20(29)22-21-17-12-16(8-9-18(17)23-25-21)19-14-28(26-24-19)13-15-6-4-3-5-7-15/h3-9,12,14H,10-11,13H2,1-2H3,(H2,22,23,25,29). The predicted molar refractivity (Wildman–Crippen MR) is 112 cm³/mol. The molecule has 0 saturated carbocycles. The molecule has 2 aromatic heterocycles. The number of benzene rings is 2. The maximum Gasteiger partial charge on any atom is 0.226 e. The molecule has 0 aliphatic rings. The normalized spacial score (nSPS) is 11.3. The highest BCUT2D eigenvalue weighted by Gasteiger charge is 2.12. The van der Waals surface area contributed by atoms with Crippen LogP contribution in [0.15, 0.2) is 54.7 Å². The maximum absolute atomic E-state index is 12.2. The number of nitrogens with one attached hydrogen (secondary N) is 2. The van der Waals surface area contributed by atoms with E-state index in [4.69, 9.17) is 0 Å². The zero-order valence-electron chi connectivity index (χ0n) is 16.5. The van der Waals surface area contributed by atoms with E-state index in [0.29, 0.717) is 25.3 Å². The Morgan fingerprint density at radius 3 is 2.79 bits per heavy atom. The van der Waals surface area contributed by atoms with Gasteiger partial charge in [-0.2, -0.15) is 5.10 Å². The van der Waals surface area contributed by atoms with Gasteiger partial charge in [-0.25, -0.2) is 4.68 Å². The third-order valence-corrected chi connectivity index (χ3v) is 4.63. The van der Waals surface area contributed by atoms with Gasteiger partial charge in [-0.1, -0.05) is 41.6 Å². The van der Waals surface area contributed by atoms with Crippen molar-refractivity contribution in [1.29, 1.82) is 0 Å². The van der Waals surface area contributed by atoms with Crippen molar-refractivity contribution in [3.63, 3.8) is 0 Å². The molecule has 0 aliphatic heterocycles. The minimum Gasteiger partial charge on any atom is -0.309 e. The van der Waals surface area contributed by atoms with Gasteiger partial charge in [-0.3, -0.25) is 9.89 Å². The van der Waals surface area contributed by atoms with Gasteiger partial charge in [-0.15, -0.1) is 5.10 Å². The average Bonchev–Trinajstić information content (AvgIpc) is 3.34. The van der Waals surface area contributed by atoms with Gasteiger partial charge in [0.05, 0.1) is 18.3 Å². The summed E-state index contributed by atoms with van der Waals surface area (Å²) >= 11 is 0. The van der Waals surface area contributed by atoms with Gasteiger partial charge in [0.2, 0.25) is 5.91 Å². The van der Waals surface area contributed by atoms with Crippen LogP contribution in [-0.4, -0.2) is 56.6 Å². The van der Waals surface area contributed by atoms with Gasteiger partial charge < -0.3 is 10.2 Å². The highest BCUT2D eigenvalue weighted by atomic mass is 16.1. The highest BCUT2D eigenvalue weighted by Crippen LogP contribution is 2.26. The van der Waals surface area contributed by atoms with Crippen LogP contribution in [0.25, 0.3) is 22.2 Å². The Bertz CT molecular complexity index is 1110. The molecule has 0 unspecified atom stereocenters. The van der Waals surface area contributed by atoms with Crippen LogP contribution in [0.1, 0.15) is 12.0 Å². The predicted octanol–water partition coefficient (Wildman–Crippen LogP) is 2.76. The van der Waals surface area contributed by atoms with Gasteiger partial charge in [0.1, 0.15) is 5.69 Å². The maximum atomic E-state index is 12.2. The first-order valence-corrected chi connectivity index (χ1v) is 9.45. The summed E-state index contributed by atoms with van der Waals surface area (Å²) in [5.74, 6) is 0.466. The smallest absolute Gasteiger partial charge is 0.226 e. The number of amides is 1. The Morgan fingerprint density at radius 2 is 2.00 bits per heavy atom. The van der Waals surface area contributed by atoms with Crippen molar-refractivity contribution in [2.24, 2.45) is 0 Å². The molecule has 0 spiro atoms. The number of rotatable bonds is 7. The zero-order valence-corrected chi connectivity index (χ0v) is 16.5. The molecule has 2 heterocycles. The van der Waals surface area contributed by atoms with E-state index in [9.17, 15) is 4.79 Å². The topological polar surface area (TPSA) is 91.7 Å². The lowest BCUT2D eigenvalue weighted by atomic mass is 10.1. The van der Waals surface area contributed by atoms with Gasteiger partial charge in [0.15, 0.2) is 5.82 Å². The summed E-state index contributed by atoms with van der Waals surface area (Å²) in [5, 5.41) is 19.5. The molecule has 0 fully saturated rings. The van der Waals surface area contributed by atoms with E-state index in [1.54, 1.807) is 0 Å². The molecule has 2 N–H and O–H groups in total. The van der Waals surface area contributed by atoms with Crippen molar-refractivity contribution in [1.82, 2.24) is 30.1 Å². The van der Waals surface area contributed by atoms with Crippen molar-refractivity contribution in [3.8, 4) is 11.3 Å². The molecular weight excluding hydrogens is 366 g/mol. The summed E-state index contributed by atoms with van der Waals surface area (Å²) in [6, 6.07) is 16.0. The van der Waals surface area contributed by atoms with Crippen LogP contribution in [0.4, 0.5) is 5.82 Å². The summed E-state index contributed by atoms with van der Waals surface area (Å²) < 4.78 is 1.81. The van der Waals surface area contributed by atoms with E-state index in [1.807, 2.05) is 66.3 Å². The number of carbonyl (C=O) groups is 1. The summed E-state index contributed by atoms with van der Waals surface area (Å²) in [6.07, 6.45) is 2.33. The van der Waals surface area contributed by atoms with Crippen LogP contribution in [0.5, 0.6) is 0 Å². The quantitative estimate of drug-likeness (QED) is 0.507. The molecule has 0 bridgehead atoms. The minimum atomic E-state index is -0.0636. The van der Waals surface area contributed by atoms with Crippen molar-refractivity contribution in [2.75, 3.05) is 26.0 Å². The lowest BCUT2D eigenvalue weighted by Gasteiger charge is -2.08. The second kappa shape index (κ2) is 8.24. The SMILES string of the molecule is CN(C)CCC(=O)Nc1n[nH]c2ccc(-c3cn(Cc4ccccc4)nn3)cc12. The van der Waals surface area contributed by atoms with Crippen molar-refractivity contribution in [3.05, 3.63) is 60.3 Å². The fraction of sp³-hybridized carbons (Fsp3) is 0.238. The fourth-order valence-corrected chi connectivity index (χ4v) is 3.07. The van der Waals surface area contributed by atoms with E-state index < -0.39 is 0 Å². The third kappa shape index (κ3) is 4.49. The number of nitrogens with zero attached hydrogens (tertiary/aromatic N) is 5. The number of hydrogen-bond acceptors (Lipinski definition) is 5. The molecule has 4 rings (SSSR count). The number of hydrogen-bond donors (Lipinski definition) is 2. The molecule has 0 aliphatic carbocycles. The van der Waals surface area contributed by atoms with Gasteiger partial charge in [0, 0.05) is 23.9 Å². The van der Waals surface area contributed by atoms with Crippen LogP contribution < -0.4 is 5.32 Å². The molecule has 0 saturated heterocycles. The van der Waals surface area contributed by atoms with E-state index >= 15 is 0 Å². The summed E-state index contributed by atoms with van der Waals surface area (Å²) in [7, 11) is 3.88. The molecule has 148 valence electrons. The van der Waals surface area contributed by atoms with Crippen LogP contribution in [0, 0.1) is 0 Å². The molecule has 29 heavy (non-hydrogen) atoms. The molecule has 4 aromatic rings. The van der Waals surface area contributed by atoms with Crippen molar-refractivity contribution in [2.45, 2.75) is 13.0 Å². The number of H-pyrrole nitrogens is 1. The largest absolute Gasteiger partial charge is 0.309 e. The first kappa shape index (κ1) is 18.8. The van der Waals surface area contributed by atoms with Gasteiger partial charge >= 0.3 is 0 Å². The first-order valence-electron chi connectivity index (χ1n) is 9.45. The molecule has 1 amide bonds. The van der Waals surface area contributed by atoms with E-state index in [2.05, 4.69) is 38.0 Å². The second-order valence-corrected chi connectivity index (χ2v) is 7.22. The zero-order chi connectivity index (χ0) is 20.2. The number of aromatic nitrogens is 5. The lowest BCUT2D eigenvalue weighted by Crippen LogP contribution is -2.21. The Kier molecular flexibility index (Phi) is 5.35. The fourth-order valence-electron chi connectivity index (χ4n) is 3.07. The molecular formula is C21H23N7O. The number of fused-ring (bicyclic) bond motifs is 1. The van der Waals surface area contributed by atoms with Crippen LogP contribution in [0.2, 0.25) is 0 Å². The number of anilines is 1. The van der Waals surface area contributed by atoms with Gasteiger partial charge in [0.25, 0.3) is 0 Å². The monoisotopic (exact) mass is 389 g/mol. The Hall–Kier alpha value is -3.52. The summed E-state index contributed by atoms with van der Waals surface area (Å²) in [5.41, 5.74) is 3.71. The number of carbonyl (C=O) groups excluding carboxylic acids is 1. The minimum absolute atomic E-state index is 0.0636. The molecule has 2 aromatic carbocycles.